The number of nitriles is 1. The Labute approximate surface area is 298 Å². The molecular formula is C48H35N3. The van der Waals surface area contributed by atoms with Gasteiger partial charge in [-0.3, -0.25) is 0 Å². The van der Waals surface area contributed by atoms with E-state index in [2.05, 4.69) is 200 Å². The Morgan fingerprint density at radius 1 is 0.412 bits per heavy atom. The van der Waals surface area contributed by atoms with Crippen molar-refractivity contribution in [1.29, 1.82) is 5.26 Å². The number of rotatable bonds is 6. The first-order chi connectivity index (χ1) is 25.0. The maximum Gasteiger partial charge on any atom is 0.0991 e. The van der Waals surface area contributed by atoms with E-state index in [9.17, 15) is 5.26 Å². The minimum atomic E-state index is -0.335. The van der Waals surface area contributed by atoms with Crippen LogP contribution in [0.25, 0.3) is 32.7 Å². The van der Waals surface area contributed by atoms with Gasteiger partial charge in [-0.2, -0.15) is 5.26 Å². The lowest BCUT2D eigenvalue weighted by molar-refractivity contribution is 0.661. The van der Waals surface area contributed by atoms with Gasteiger partial charge in [-0.05, 0) is 106 Å². The van der Waals surface area contributed by atoms with E-state index < -0.39 is 0 Å². The Balaban J connectivity index is 1.38. The Bertz CT molecular complexity index is 2530. The highest BCUT2D eigenvalue weighted by Gasteiger charge is 2.40. The molecule has 0 unspecified atom stereocenters. The van der Waals surface area contributed by atoms with Gasteiger partial charge in [0.1, 0.15) is 0 Å². The summed E-state index contributed by atoms with van der Waals surface area (Å²) in [6.45, 7) is 4.72. The summed E-state index contributed by atoms with van der Waals surface area (Å²) in [5.41, 5.74) is 11.9. The number of nitrogens with zero attached hydrogens (tertiary/aromatic N) is 3. The van der Waals surface area contributed by atoms with Crippen LogP contribution in [-0.2, 0) is 5.41 Å². The van der Waals surface area contributed by atoms with E-state index in [1.165, 1.54) is 33.0 Å². The van der Waals surface area contributed by atoms with Crippen molar-refractivity contribution in [2.24, 2.45) is 0 Å². The van der Waals surface area contributed by atoms with Crippen LogP contribution in [0.1, 0.15) is 30.5 Å². The van der Waals surface area contributed by atoms with Gasteiger partial charge in [0.2, 0.25) is 0 Å². The number of fused-ring (bicyclic) bond motifs is 7. The topological polar surface area (TPSA) is 30.3 Å². The predicted molar refractivity (Wildman–Crippen MR) is 213 cm³/mol. The number of benzene rings is 8. The molecule has 1 aliphatic carbocycles. The summed E-state index contributed by atoms with van der Waals surface area (Å²) in [6, 6.07) is 64.6. The highest BCUT2D eigenvalue weighted by Crippen LogP contribution is 2.58. The third-order valence-electron chi connectivity index (χ3n) is 10.4. The zero-order valence-corrected chi connectivity index (χ0v) is 28.6. The van der Waals surface area contributed by atoms with Crippen LogP contribution in [0, 0.1) is 11.3 Å². The first kappa shape index (κ1) is 30.4. The number of anilines is 6. The standard InChI is InChI=1S/C48H35N3/c1-48(2)42-30-44(50(34-17-7-3-8-18-34)35-19-9-4-10-20-35)38-25-15-16-26-39(38)46(42)47-40-28-27-33(32-49)29-41(40)45(31-43(47)48)51(36-21-11-5-12-22-36)37-23-13-6-14-24-37/h3-31H,1-2H3. The summed E-state index contributed by atoms with van der Waals surface area (Å²) in [6.07, 6.45) is 0. The van der Waals surface area contributed by atoms with Crippen molar-refractivity contribution >= 4 is 55.7 Å². The Morgan fingerprint density at radius 3 is 1.22 bits per heavy atom. The zero-order valence-electron chi connectivity index (χ0n) is 28.6. The lowest BCUT2D eigenvalue weighted by Crippen LogP contribution is -2.18. The summed E-state index contributed by atoms with van der Waals surface area (Å²) < 4.78 is 0. The molecule has 0 spiro atoms. The molecule has 0 saturated carbocycles. The molecule has 9 rings (SSSR count). The van der Waals surface area contributed by atoms with Crippen molar-refractivity contribution < 1.29 is 0 Å². The largest absolute Gasteiger partial charge is 0.310 e. The number of para-hydroxylation sites is 4. The highest BCUT2D eigenvalue weighted by molar-refractivity contribution is 6.17. The van der Waals surface area contributed by atoms with Crippen LogP contribution >= 0.6 is 0 Å². The average Bonchev–Trinajstić information content (AvgIpc) is 3.42. The van der Waals surface area contributed by atoms with E-state index in [0.29, 0.717) is 5.56 Å². The Morgan fingerprint density at radius 2 is 0.784 bits per heavy atom. The molecule has 0 saturated heterocycles. The van der Waals surface area contributed by atoms with Gasteiger partial charge in [0, 0.05) is 38.9 Å². The van der Waals surface area contributed by atoms with Crippen LogP contribution in [0.5, 0.6) is 0 Å². The Kier molecular flexibility index (Phi) is 7.19. The van der Waals surface area contributed by atoms with Crippen molar-refractivity contribution in [2.75, 3.05) is 9.80 Å². The summed E-state index contributed by atoms with van der Waals surface area (Å²) in [5, 5.41) is 14.7. The molecule has 0 radical (unpaired) electrons. The first-order valence-corrected chi connectivity index (χ1v) is 17.4. The second kappa shape index (κ2) is 12.1. The molecule has 242 valence electrons. The van der Waals surface area contributed by atoms with Gasteiger partial charge in [-0.15, -0.1) is 0 Å². The van der Waals surface area contributed by atoms with Gasteiger partial charge in [0.25, 0.3) is 0 Å². The lowest BCUT2D eigenvalue weighted by Gasteiger charge is -2.30. The molecule has 8 aromatic rings. The highest BCUT2D eigenvalue weighted by atomic mass is 15.1. The lowest BCUT2D eigenvalue weighted by atomic mass is 9.81. The molecule has 8 aromatic carbocycles. The third kappa shape index (κ3) is 4.88. The van der Waals surface area contributed by atoms with Crippen LogP contribution in [0.15, 0.2) is 176 Å². The van der Waals surface area contributed by atoms with Gasteiger partial charge in [-0.1, -0.05) is 117 Å². The minimum Gasteiger partial charge on any atom is -0.310 e. The maximum atomic E-state index is 10.1. The van der Waals surface area contributed by atoms with Crippen molar-refractivity contribution in [3.8, 4) is 17.2 Å². The molecule has 0 amide bonds. The SMILES string of the molecule is CC1(C)c2cc(N(c3ccccc3)c3ccccc3)c3ccccc3c2-c2c1cc(N(c1ccccc1)c1ccccc1)c1cc(C#N)ccc21. The van der Waals surface area contributed by atoms with Crippen molar-refractivity contribution in [1.82, 2.24) is 0 Å². The molecule has 3 heteroatoms. The van der Waals surface area contributed by atoms with E-state index in [0.717, 1.165) is 44.9 Å². The van der Waals surface area contributed by atoms with E-state index >= 15 is 0 Å². The molecule has 0 heterocycles. The second-order valence-electron chi connectivity index (χ2n) is 13.7. The fourth-order valence-electron chi connectivity index (χ4n) is 8.03. The molecule has 0 atom stereocenters. The van der Waals surface area contributed by atoms with E-state index in [1.54, 1.807) is 0 Å². The second-order valence-corrected chi connectivity index (χ2v) is 13.7. The average molecular weight is 654 g/mol. The molecular weight excluding hydrogens is 619 g/mol. The maximum absolute atomic E-state index is 10.1. The molecule has 51 heavy (non-hydrogen) atoms. The van der Waals surface area contributed by atoms with Crippen LogP contribution in [-0.4, -0.2) is 0 Å². The van der Waals surface area contributed by atoms with Crippen molar-refractivity contribution in [2.45, 2.75) is 19.3 Å². The summed E-state index contributed by atoms with van der Waals surface area (Å²) in [7, 11) is 0. The van der Waals surface area contributed by atoms with Gasteiger partial charge in [0.15, 0.2) is 0 Å². The molecule has 3 nitrogen and oxygen atoms in total. The molecule has 0 N–H and O–H groups in total. The number of hydrogen-bond donors (Lipinski definition) is 0. The van der Waals surface area contributed by atoms with Crippen LogP contribution in [0.3, 0.4) is 0 Å². The van der Waals surface area contributed by atoms with E-state index in [1.807, 2.05) is 6.07 Å². The first-order valence-electron chi connectivity index (χ1n) is 17.4. The van der Waals surface area contributed by atoms with Gasteiger partial charge >= 0.3 is 0 Å². The normalized spacial score (nSPS) is 12.6. The molecule has 0 aromatic heterocycles. The van der Waals surface area contributed by atoms with Gasteiger partial charge in [-0.25, -0.2) is 0 Å². The Hall–Kier alpha value is -6.63. The molecule has 0 aliphatic heterocycles. The van der Waals surface area contributed by atoms with Crippen LogP contribution < -0.4 is 9.80 Å². The molecule has 1 aliphatic rings. The quantitative estimate of drug-likeness (QED) is 0.179. The summed E-state index contributed by atoms with van der Waals surface area (Å²) >= 11 is 0. The molecule has 0 fully saturated rings. The van der Waals surface area contributed by atoms with E-state index in [-0.39, 0.29) is 5.41 Å². The third-order valence-corrected chi connectivity index (χ3v) is 10.4. The van der Waals surface area contributed by atoms with Gasteiger partial charge < -0.3 is 9.80 Å². The van der Waals surface area contributed by atoms with Crippen LogP contribution in [0.2, 0.25) is 0 Å². The zero-order chi connectivity index (χ0) is 34.5. The summed E-state index contributed by atoms with van der Waals surface area (Å²) in [5.74, 6) is 0. The fourth-order valence-corrected chi connectivity index (χ4v) is 8.03. The summed E-state index contributed by atoms with van der Waals surface area (Å²) in [4.78, 5) is 4.72. The molecule has 0 bridgehead atoms. The van der Waals surface area contributed by atoms with Crippen LogP contribution in [0.4, 0.5) is 34.1 Å². The van der Waals surface area contributed by atoms with Gasteiger partial charge in [0.05, 0.1) is 23.0 Å². The monoisotopic (exact) mass is 653 g/mol. The predicted octanol–water partition coefficient (Wildman–Crippen LogP) is 13.1. The van der Waals surface area contributed by atoms with E-state index in [4.69, 9.17) is 0 Å². The minimum absolute atomic E-state index is 0.335. The smallest absolute Gasteiger partial charge is 0.0991 e. The fraction of sp³-hybridized carbons (Fsp3) is 0.0625. The number of hydrogen-bond acceptors (Lipinski definition) is 3. The van der Waals surface area contributed by atoms with Crippen molar-refractivity contribution in [3.05, 3.63) is 193 Å². The van der Waals surface area contributed by atoms with Crippen molar-refractivity contribution in [3.63, 3.8) is 0 Å².